The van der Waals surface area contributed by atoms with Gasteiger partial charge in [0, 0.05) is 5.56 Å². The van der Waals surface area contributed by atoms with Crippen molar-refractivity contribution in [3.8, 4) is 11.5 Å². The maximum absolute atomic E-state index is 13.5. The second-order valence-electron chi connectivity index (χ2n) is 9.15. The number of aliphatic hydroxyl groups excluding tert-OH is 1. The molecule has 0 spiro atoms. The number of hydrogen-bond acceptors (Lipinski definition) is 8. The lowest BCUT2D eigenvalue weighted by Crippen LogP contribution is -2.29. The molecule has 5 rings (SSSR count). The standard InChI is InChI=1S/C31H26N2O6S/c1-4-38-30(37)28-19(3)32-31(40-28)33-25(21-9-8-12-23(17-21)39-22-10-6-5-7-11-22)24(27(35)29(33)36)26(34)20-15-13-18(2)14-16-20/h5-17,25,34H,4H2,1-3H3/t25-/m0/s1. The summed E-state index contributed by atoms with van der Waals surface area (Å²) >= 11 is 0.959. The van der Waals surface area contributed by atoms with Crippen LogP contribution in [0.3, 0.4) is 0 Å². The molecule has 1 aliphatic heterocycles. The van der Waals surface area contributed by atoms with Crippen molar-refractivity contribution in [2.24, 2.45) is 0 Å². The monoisotopic (exact) mass is 554 g/mol. The van der Waals surface area contributed by atoms with Crippen molar-refractivity contribution in [2.75, 3.05) is 11.5 Å². The number of aryl methyl sites for hydroxylation is 2. The van der Waals surface area contributed by atoms with Gasteiger partial charge in [-0.05, 0) is 50.6 Å². The Morgan fingerprint density at radius 3 is 2.38 bits per heavy atom. The van der Waals surface area contributed by atoms with Gasteiger partial charge in [-0.3, -0.25) is 14.5 Å². The third-order valence-corrected chi connectivity index (χ3v) is 7.51. The first-order chi connectivity index (χ1) is 19.3. The second-order valence-corrected chi connectivity index (χ2v) is 10.1. The summed E-state index contributed by atoms with van der Waals surface area (Å²) < 4.78 is 11.1. The van der Waals surface area contributed by atoms with Crippen molar-refractivity contribution < 1.29 is 29.0 Å². The Kier molecular flexibility index (Phi) is 7.48. The molecule has 1 saturated heterocycles. The van der Waals surface area contributed by atoms with Crippen LogP contribution in [0.4, 0.5) is 5.13 Å². The summed E-state index contributed by atoms with van der Waals surface area (Å²) in [6.45, 7) is 5.43. The SMILES string of the molecule is CCOC(=O)c1sc(N2C(=O)C(=O)C(=C(O)c3ccc(C)cc3)[C@@H]2c2cccc(Oc3ccccc3)c2)nc1C. The Bertz CT molecular complexity index is 1630. The number of aliphatic hydroxyl groups is 1. The molecule has 2 heterocycles. The Balaban J connectivity index is 1.66. The lowest BCUT2D eigenvalue weighted by Gasteiger charge is -2.23. The molecule has 0 radical (unpaired) electrons. The van der Waals surface area contributed by atoms with Crippen LogP contribution in [0.15, 0.2) is 84.4 Å². The molecular weight excluding hydrogens is 528 g/mol. The number of ketones is 1. The van der Waals surface area contributed by atoms with Gasteiger partial charge in [-0.2, -0.15) is 0 Å². The number of hydrogen-bond donors (Lipinski definition) is 1. The molecule has 202 valence electrons. The van der Waals surface area contributed by atoms with Gasteiger partial charge in [0.25, 0.3) is 5.78 Å². The fourth-order valence-corrected chi connectivity index (χ4v) is 5.44. The summed E-state index contributed by atoms with van der Waals surface area (Å²) in [4.78, 5) is 45.5. The highest BCUT2D eigenvalue weighted by molar-refractivity contribution is 7.17. The van der Waals surface area contributed by atoms with Crippen molar-refractivity contribution in [2.45, 2.75) is 26.8 Å². The van der Waals surface area contributed by atoms with Crippen LogP contribution in [0.5, 0.6) is 11.5 Å². The highest BCUT2D eigenvalue weighted by Gasteiger charge is 2.48. The average molecular weight is 555 g/mol. The highest BCUT2D eigenvalue weighted by Crippen LogP contribution is 2.44. The van der Waals surface area contributed by atoms with Crippen molar-refractivity contribution in [1.29, 1.82) is 0 Å². The zero-order chi connectivity index (χ0) is 28.4. The molecule has 1 amide bonds. The molecular formula is C31H26N2O6S. The van der Waals surface area contributed by atoms with Gasteiger partial charge in [-0.1, -0.05) is 71.5 Å². The van der Waals surface area contributed by atoms with Gasteiger partial charge in [-0.25, -0.2) is 9.78 Å². The van der Waals surface area contributed by atoms with Crippen LogP contribution in [0.2, 0.25) is 0 Å². The molecule has 1 aromatic heterocycles. The number of rotatable bonds is 7. The number of benzene rings is 3. The minimum absolute atomic E-state index is 0.0868. The first-order valence-electron chi connectivity index (χ1n) is 12.6. The van der Waals surface area contributed by atoms with Gasteiger partial charge in [0.2, 0.25) is 0 Å². The van der Waals surface area contributed by atoms with Gasteiger partial charge in [0.15, 0.2) is 5.13 Å². The fourth-order valence-electron chi connectivity index (χ4n) is 4.46. The number of carbonyl (C=O) groups is 3. The molecule has 3 aromatic carbocycles. The van der Waals surface area contributed by atoms with E-state index in [2.05, 4.69) is 4.98 Å². The molecule has 1 fully saturated rings. The zero-order valence-electron chi connectivity index (χ0n) is 22.1. The molecule has 0 bridgehead atoms. The van der Waals surface area contributed by atoms with E-state index >= 15 is 0 Å². The topological polar surface area (TPSA) is 106 Å². The third kappa shape index (κ3) is 5.11. The van der Waals surface area contributed by atoms with Gasteiger partial charge < -0.3 is 14.6 Å². The Morgan fingerprint density at radius 1 is 0.975 bits per heavy atom. The summed E-state index contributed by atoms with van der Waals surface area (Å²) in [6.07, 6.45) is 0. The molecule has 1 aliphatic rings. The number of para-hydroxylation sites is 1. The average Bonchev–Trinajstić information content (AvgIpc) is 3.46. The number of nitrogens with zero attached hydrogens (tertiary/aromatic N) is 2. The minimum Gasteiger partial charge on any atom is -0.507 e. The summed E-state index contributed by atoms with van der Waals surface area (Å²) in [5, 5.41) is 11.5. The smallest absolute Gasteiger partial charge is 0.350 e. The van der Waals surface area contributed by atoms with E-state index < -0.39 is 23.7 Å². The van der Waals surface area contributed by atoms with Crippen LogP contribution < -0.4 is 9.64 Å². The number of anilines is 1. The quantitative estimate of drug-likeness (QED) is 0.123. The maximum Gasteiger partial charge on any atom is 0.350 e. The fraction of sp³-hybridized carbons (Fsp3) is 0.161. The van der Waals surface area contributed by atoms with E-state index in [9.17, 15) is 19.5 Å². The maximum atomic E-state index is 13.5. The largest absolute Gasteiger partial charge is 0.507 e. The number of Topliss-reactive ketones (excluding diaryl/α,β-unsaturated/α-hetero) is 1. The van der Waals surface area contributed by atoms with E-state index in [0.717, 1.165) is 16.9 Å². The van der Waals surface area contributed by atoms with Gasteiger partial charge >= 0.3 is 11.9 Å². The summed E-state index contributed by atoms with van der Waals surface area (Å²) in [5.74, 6) is -1.50. The van der Waals surface area contributed by atoms with Crippen LogP contribution in [0.25, 0.3) is 5.76 Å². The Hall–Kier alpha value is -4.76. The van der Waals surface area contributed by atoms with E-state index in [1.807, 2.05) is 49.4 Å². The van der Waals surface area contributed by atoms with Crippen LogP contribution >= 0.6 is 11.3 Å². The first-order valence-corrected chi connectivity index (χ1v) is 13.5. The minimum atomic E-state index is -1.03. The molecule has 4 aromatic rings. The molecule has 9 heteroatoms. The summed E-state index contributed by atoms with van der Waals surface area (Å²) in [7, 11) is 0. The van der Waals surface area contributed by atoms with E-state index in [-0.39, 0.29) is 27.9 Å². The van der Waals surface area contributed by atoms with Crippen molar-refractivity contribution in [3.63, 3.8) is 0 Å². The molecule has 40 heavy (non-hydrogen) atoms. The predicted octanol–water partition coefficient (Wildman–Crippen LogP) is 6.36. The van der Waals surface area contributed by atoms with E-state index in [1.165, 1.54) is 4.90 Å². The lowest BCUT2D eigenvalue weighted by atomic mass is 9.95. The molecule has 8 nitrogen and oxygen atoms in total. The first kappa shape index (κ1) is 26.8. The molecule has 0 unspecified atom stereocenters. The number of esters is 1. The number of carbonyl (C=O) groups excluding carboxylic acids is 3. The van der Waals surface area contributed by atoms with E-state index in [4.69, 9.17) is 9.47 Å². The van der Waals surface area contributed by atoms with Crippen LogP contribution in [-0.4, -0.2) is 34.4 Å². The molecule has 1 N–H and O–H groups in total. The van der Waals surface area contributed by atoms with Gasteiger partial charge in [0.1, 0.15) is 22.1 Å². The van der Waals surface area contributed by atoms with E-state index in [1.54, 1.807) is 50.2 Å². The normalized spacial score (nSPS) is 16.3. The second kappa shape index (κ2) is 11.2. The number of aromatic nitrogens is 1. The highest BCUT2D eigenvalue weighted by atomic mass is 32.1. The Morgan fingerprint density at radius 2 is 1.68 bits per heavy atom. The van der Waals surface area contributed by atoms with Crippen molar-refractivity contribution in [1.82, 2.24) is 4.98 Å². The van der Waals surface area contributed by atoms with Crippen molar-refractivity contribution in [3.05, 3.63) is 112 Å². The molecule has 0 saturated carbocycles. The van der Waals surface area contributed by atoms with Gasteiger partial charge in [0.05, 0.1) is 23.9 Å². The predicted molar refractivity (Wildman–Crippen MR) is 152 cm³/mol. The lowest BCUT2D eigenvalue weighted by molar-refractivity contribution is -0.132. The van der Waals surface area contributed by atoms with E-state index in [0.29, 0.717) is 28.3 Å². The number of amides is 1. The number of ether oxygens (including phenoxy) is 2. The van der Waals surface area contributed by atoms with Crippen LogP contribution in [0.1, 0.15) is 45.0 Å². The summed E-state index contributed by atoms with van der Waals surface area (Å²) in [6, 6.07) is 22.1. The van der Waals surface area contributed by atoms with Crippen molar-refractivity contribution >= 4 is 39.9 Å². The molecule has 1 atom stereocenters. The zero-order valence-corrected chi connectivity index (χ0v) is 22.9. The third-order valence-electron chi connectivity index (χ3n) is 6.37. The Labute approximate surface area is 235 Å². The van der Waals surface area contributed by atoms with Gasteiger partial charge in [-0.15, -0.1) is 0 Å². The summed E-state index contributed by atoms with van der Waals surface area (Å²) in [5.41, 5.74) is 2.18. The van der Waals surface area contributed by atoms with Crippen LogP contribution in [0, 0.1) is 13.8 Å². The van der Waals surface area contributed by atoms with Crippen LogP contribution in [-0.2, 0) is 14.3 Å². The number of thiazole rings is 1. The molecule has 0 aliphatic carbocycles.